The van der Waals surface area contributed by atoms with Crippen molar-refractivity contribution >= 4 is 5.91 Å². The van der Waals surface area contributed by atoms with Crippen LogP contribution in [-0.4, -0.2) is 15.9 Å². The van der Waals surface area contributed by atoms with E-state index in [0.29, 0.717) is 12.1 Å². The Kier molecular flexibility index (Phi) is 3.49. The number of H-pyrrole nitrogens is 1. The van der Waals surface area contributed by atoms with Crippen molar-refractivity contribution in [3.05, 3.63) is 53.9 Å². The first-order valence-corrected chi connectivity index (χ1v) is 5.23. The fourth-order valence-electron chi connectivity index (χ4n) is 1.45. The summed E-state index contributed by atoms with van der Waals surface area (Å²) in [6, 6.07) is 6.25. The molecule has 0 unspecified atom stereocenters. The first kappa shape index (κ1) is 11.3. The average Bonchev–Trinajstić information content (AvgIpc) is 2.82. The summed E-state index contributed by atoms with van der Waals surface area (Å²) >= 11 is 0. The molecule has 5 heteroatoms. The molecule has 1 aromatic carbocycles. The quantitative estimate of drug-likeness (QED) is 0.838. The van der Waals surface area contributed by atoms with Gasteiger partial charge in [-0.1, -0.05) is 18.2 Å². The molecule has 1 aromatic heterocycles. The summed E-state index contributed by atoms with van der Waals surface area (Å²) in [4.78, 5) is 18.2. The molecule has 4 nitrogen and oxygen atoms in total. The number of carbonyl (C=O) groups is 1. The second-order valence-electron chi connectivity index (χ2n) is 3.62. The Balaban J connectivity index is 1.87. The number of nitrogens with one attached hydrogen (secondary N) is 2. The molecule has 1 heterocycles. The van der Waals surface area contributed by atoms with Gasteiger partial charge in [-0.15, -0.1) is 0 Å². The molecule has 2 rings (SSSR count). The highest BCUT2D eigenvalue weighted by molar-refractivity contribution is 5.78. The van der Waals surface area contributed by atoms with Gasteiger partial charge in [0.1, 0.15) is 5.82 Å². The predicted molar refractivity (Wildman–Crippen MR) is 60.5 cm³/mol. The van der Waals surface area contributed by atoms with Gasteiger partial charge in [0.25, 0.3) is 0 Å². The summed E-state index contributed by atoms with van der Waals surface area (Å²) in [5.74, 6) is -0.575. The summed E-state index contributed by atoms with van der Waals surface area (Å²) < 4.78 is 13.3. The maximum Gasteiger partial charge on any atom is 0.224 e. The number of aromatic nitrogens is 2. The Bertz CT molecular complexity index is 496. The van der Waals surface area contributed by atoms with E-state index in [2.05, 4.69) is 15.3 Å². The maximum atomic E-state index is 13.3. The molecule has 0 spiro atoms. The lowest BCUT2D eigenvalue weighted by atomic mass is 10.1. The van der Waals surface area contributed by atoms with Crippen LogP contribution in [0.15, 0.2) is 36.8 Å². The molecule has 1 amide bonds. The van der Waals surface area contributed by atoms with Crippen molar-refractivity contribution in [2.45, 2.75) is 13.0 Å². The normalized spacial score (nSPS) is 10.2. The summed E-state index contributed by atoms with van der Waals surface area (Å²) in [7, 11) is 0. The van der Waals surface area contributed by atoms with Crippen LogP contribution in [-0.2, 0) is 17.8 Å². The largest absolute Gasteiger partial charge is 0.350 e. The van der Waals surface area contributed by atoms with Gasteiger partial charge in [-0.25, -0.2) is 9.37 Å². The highest BCUT2D eigenvalue weighted by Gasteiger charge is 2.07. The van der Waals surface area contributed by atoms with Crippen LogP contribution in [0, 0.1) is 5.82 Å². The van der Waals surface area contributed by atoms with Gasteiger partial charge in [0.05, 0.1) is 25.0 Å². The fraction of sp³-hybridized carbons (Fsp3) is 0.167. The number of nitrogens with zero attached hydrogens (tertiary/aromatic N) is 1. The van der Waals surface area contributed by atoms with Gasteiger partial charge in [-0.2, -0.15) is 0 Å². The minimum atomic E-state index is -0.357. The van der Waals surface area contributed by atoms with E-state index in [4.69, 9.17) is 0 Å². The number of hydrogen-bond donors (Lipinski definition) is 2. The molecule has 0 bridgehead atoms. The molecule has 88 valence electrons. The number of carbonyl (C=O) groups excluding carboxylic acids is 1. The molecule has 0 aliphatic carbocycles. The summed E-state index contributed by atoms with van der Waals surface area (Å²) in [6.45, 7) is 0.368. The van der Waals surface area contributed by atoms with E-state index in [1.54, 1.807) is 30.7 Å². The first-order valence-electron chi connectivity index (χ1n) is 5.23. The van der Waals surface area contributed by atoms with Crippen LogP contribution in [0.5, 0.6) is 0 Å². The second kappa shape index (κ2) is 5.25. The number of imidazole rings is 1. The van der Waals surface area contributed by atoms with Crippen LogP contribution < -0.4 is 5.32 Å². The lowest BCUT2D eigenvalue weighted by molar-refractivity contribution is -0.120. The SMILES string of the molecule is O=C(Cc1ccccc1F)NCc1cnc[nH]1. The van der Waals surface area contributed by atoms with E-state index >= 15 is 0 Å². The van der Waals surface area contributed by atoms with Crippen molar-refractivity contribution in [1.82, 2.24) is 15.3 Å². The van der Waals surface area contributed by atoms with Crippen LogP contribution >= 0.6 is 0 Å². The van der Waals surface area contributed by atoms with Crippen molar-refractivity contribution in [2.75, 3.05) is 0 Å². The predicted octanol–water partition coefficient (Wildman–Crippen LogP) is 1.41. The molecular formula is C12H12FN3O. The Morgan fingerprint density at radius 2 is 2.24 bits per heavy atom. The number of benzene rings is 1. The zero-order valence-corrected chi connectivity index (χ0v) is 9.11. The Labute approximate surface area is 97.9 Å². The van der Waals surface area contributed by atoms with E-state index in [1.807, 2.05) is 0 Å². The molecule has 0 saturated heterocycles. The molecule has 0 saturated carbocycles. The van der Waals surface area contributed by atoms with Crippen LogP contribution in [0.1, 0.15) is 11.3 Å². The van der Waals surface area contributed by atoms with Gasteiger partial charge in [0.15, 0.2) is 0 Å². The number of hydrogen-bond acceptors (Lipinski definition) is 2. The Hall–Kier alpha value is -2.17. The van der Waals surface area contributed by atoms with Gasteiger partial charge >= 0.3 is 0 Å². The van der Waals surface area contributed by atoms with Gasteiger partial charge in [0, 0.05) is 6.20 Å². The standard InChI is InChI=1S/C12H12FN3O/c13-11-4-2-1-3-9(11)5-12(17)15-7-10-6-14-8-16-10/h1-4,6,8H,5,7H2,(H,14,16)(H,15,17). The summed E-state index contributed by atoms with van der Waals surface area (Å²) in [6.07, 6.45) is 3.21. The molecule has 0 aliphatic heterocycles. The van der Waals surface area contributed by atoms with Crippen molar-refractivity contribution in [3.8, 4) is 0 Å². The van der Waals surface area contributed by atoms with Crippen LogP contribution in [0.3, 0.4) is 0 Å². The summed E-state index contributed by atoms with van der Waals surface area (Å²) in [5, 5.41) is 2.68. The van der Waals surface area contributed by atoms with Gasteiger partial charge in [-0.3, -0.25) is 4.79 Å². The third kappa shape index (κ3) is 3.14. The fourth-order valence-corrected chi connectivity index (χ4v) is 1.45. The molecule has 0 fully saturated rings. The van der Waals surface area contributed by atoms with E-state index in [9.17, 15) is 9.18 Å². The first-order chi connectivity index (χ1) is 8.25. The summed E-state index contributed by atoms with van der Waals surface area (Å²) in [5.41, 5.74) is 1.21. The zero-order chi connectivity index (χ0) is 12.1. The third-order valence-electron chi connectivity index (χ3n) is 2.34. The van der Waals surface area contributed by atoms with Crippen LogP contribution in [0.25, 0.3) is 0 Å². The number of rotatable bonds is 4. The monoisotopic (exact) mass is 233 g/mol. The second-order valence-corrected chi connectivity index (χ2v) is 3.62. The minimum absolute atomic E-state index is 0.0425. The lowest BCUT2D eigenvalue weighted by Gasteiger charge is -2.04. The molecule has 0 radical (unpaired) electrons. The van der Waals surface area contributed by atoms with E-state index in [1.165, 1.54) is 6.07 Å². The van der Waals surface area contributed by atoms with Crippen LogP contribution in [0.4, 0.5) is 4.39 Å². The van der Waals surface area contributed by atoms with Crippen molar-refractivity contribution < 1.29 is 9.18 Å². The molecule has 2 aromatic rings. The van der Waals surface area contributed by atoms with E-state index < -0.39 is 0 Å². The van der Waals surface area contributed by atoms with E-state index in [0.717, 1.165) is 5.69 Å². The van der Waals surface area contributed by atoms with Crippen molar-refractivity contribution in [2.24, 2.45) is 0 Å². The number of amides is 1. The average molecular weight is 233 g/mol. The molecule has 0 atom stereocenters. The highest BCUT2D eigenvalue weighted by Crippen LogP contribution is 2.06. The Morgan fingerprint density at radius 3 is 2.94 bits per heavy atom. The van der Waals surface area contributed by atoms with Gasteiger partial charge in [-0.05, 0) is 11.6 Å². The third-order valence-corrected chi connectivity index (χ3v) is 2.34. The Morgan fingerprint density at radius 1 is 1.41 bits per heavy atom. The number of halogens is 1. The lowest BCUT2D eigenvalue weighted by Crippen LogP contribution is -2.25. The van der Waals surface area contributed by atoms with Crippen LogP contribution in [0.2, 0.25) is 0 Å². The van der Waals surface area contributed by atoms with E-state index in [-0.39, 0.29) is 18.1 Å². The minimum Gasteiger partial charge on any atom is -0.350 e. The smallest absolute Gasteiger partial charge is 0.224 e. The molecule has 2 N–H and O–H groups in total. The van der Waals surface area contributed by atoms with Gasteiger partial charge in [0.2, 0.25) is 5.91 Å². The topological polar surface area (TPSA) is 57.8 Å². The molecule has 17 heavy (non-hydrogen) atoms. The van der Waals surface area contributed by atoms with Gasteiger partial charge < -0.3 is 10.3 Å². The van der Waals surface area contributed by atoms with Crippen molar-refractivity contribution in [1.29, 1.82) is 0 Å². The highest BCUT2D eigenvalue weighted by atomic mass is 19.1. The molecule has 0 aliphatic rings. The number of aromatic amines is 1. The molecular weight excluding hydrogens is 221 g/mol. The maximum absolute atomic E-state index is 13.3. The zero-order valence-electron chi connectivity index (χ0n) is 9.11. The van der Waals surface area contributed by atoms with Crippen molar-refractivity contribution in [3.63, 3.8) is 0 Å².